The first-order valence-electron chi connectivity index (χ1n) is 5.85. The van der Waals surface area contributed by atoms with E-state index in [0.29, 0.717) is 10.8 Å². The molecule has 0 saturated carbocycles. The van der Waals surface area contributed by atoms with E-state index in [9.17, 15) is 9.18 Å². The number of carbonyl (C=O) groups excluding carboxylic acids is 1. The molecule has 1 saturated heterocycles. The molecular formula is C13H16FNOS. The monoisotopic (exact) mass is 253 g/mol. The average molecular weight is 253 g/mol. The van der Waals surface area contributed by atoms with E-state index < -0.39 is 5.82 Å². The van der Waals surface area contributed by atoms with Gasteiger partial charge in [-0.15, -0.1) is 12.6 Å². The molecule has 92 valence electrons. The molecule has 0 N–H and O–H groups in total. The zero-order chi connectivity index (χ0) is 12.4. The first-order chi connectivity index (χ1) is 8.08. The van der Waals surface area contributed by atoms with Gasteiger partial charge >= 0.3 is 0 Å². The Morgan fingerprint density at radius 3 is 2.71 bits per heavy atom. The maximum absolute atomic E-state index is 13.6. The molecule has 1 aromatic carbocycles. The number of benzene rings is 1. The van der Waals surface area contributed by atoms with Gasteiger partial charge in [-0.25, -0.2) is 4.39 Å². The smallest absolute Gasteiger partial charge is 0.256 e. The van der Waals surface area contributed by atoms with E-state index in [1.54, 1.807) is 11.0 Å². The molecule has 0 atom stereocenters. The van der Waals surface area contributed by atoms with Crippen molar-refractivity contribution in [2.45, 2.75) is 24.7 Å². The number of likely N-dealkylation sites (tertiary alicyclic amines) is 1. The Kier molecular flexibility index (Phi) is 3.72. The molecule has 1 aromatic rings. The quantitative estimate of drug-likeness (QED) is 0.763. The number of piperidine rings is 1. The predicted molar refractivity (Wildman–Crippen MR) is 68.0 cm³/mol. The summed E-state index contributed by atoms with van der Waals surface area (Å²) < 4.78 is 13.6. The van der Waals surface area contributed by atoms with Gasteiger partial charge in [0.15, 0.2) is 0 Å². The van der Waals surface area contributed by atoms with Gasteiger partial charge in [-0.05, 0) is 37.0 Å². The first-order valence-corrected chi connectivity index (χ1v) is 6.30. The lowest BCUT2D eigenvalue weighted by Gasteiger charge is -2.30. The molecule has 4 heteroatoms. The molecule has 0 bridgehead atoms. The Labute approximate surface area is 106 Å². The summed E-state index contributed by atoms with van der Waals surface area (Å²) in [5, 5.41) is 0. The van der Waals surface area contributed by atoms with Gasteiger partial charge in [0.25, 0.3) is 5.91 Å². The van der Waals surface area contributed by atoms with Crippen molar-refractivity contribution in [1.82, 2.24) is 4.90 Å². The van der Waals surface area contributed by atoms with Crippen LogP contribution in [0.25, 0.3) is 0 Å². The molecule has 1 fully saturated rings. The summed E-state index contributed by atoms with van der Waals surface area (Å²) in [7, 11) is 0. The largest absolute Gasteiger partial charge is 0.339 e. The van der Waals surface area contributed by atoms with Crippen molar-refractivity contribution < 1.29 is 9.18 Å². The third-order valence-corrected chi connectivity index (χ3v) is 3.53. The van der Waals surface area contributed by atoms with Gasteiger partial charge in [-0.1, -0.05) is 6.92 Å². The summed E-state index contributed by atoms with van der Waals surface area (Å²) in [6.07, 6.45) is 1.99. The summed E-state index contributed by atoms with van der Waals surface area (Å²) in [6, 6.07) is 4.34. The van der Waals surface area contributed by atoms with Crippen molar-refractivity contribution in [3.8, 4) is 0 Å². The molecule has 1 aliphatic heterocycles. The molecule has 1 aliphatic rings. The van der Waals surface area contributed by atoms with Crippen LogP contribution >= 0.6 is 12.6 Å². The standard InChI is InChI=1S/C13H16FNOS/c1-9-4-6-15(7-5-9)13(16)11-8-10(17)2-3-12(11)14/h2-3,8-9,17H,4-7H2,1H3. The van der Waals surface area contributed by atoms with E-state index in [-0.39, 0.29) is 11.5 Å². The highest BCUT2D eigenvalue weighted by Crippen LogP contribution is 2.20. The molecule has 1 amide bonds. The molecule has 2 nitrogen and oxygen atoms in total. The number of amides is 1. The van der Waals surface area contributed by atoms with Gasteiger partial charge in [0.05, 0.1) is 5.56 Å². The fourth-order valence-electron chi connectivity index (χ4n) is 2.06. The minimum absolute atomic E-state index is 0.132. The SMILES string of the molecule is CC1CCN(C(=O)c2cc(S)ccc2F)CC1. The van der Waals surface area contributed by atoms with Crippen LogP contribution in [0, 0.1) is 11.7 Å². The van der Waals surface area contributed by atoms with Crippen molar-refractivity contribution in [3.63, 3.8) is 0 Å². The fraction of sp³-hybridized carbons (Fsp3) is 0.462. The maximum atomic E-state index is 13.6. The van der Waals surface area contributed by atoms with Gasteiger partial charge < -0.3 is 4.90 Å². The molecule has 0 radical (unpaired) electrons. The Morgan fingerprint density at radius 2 is 2.06 bits per heavy atom. The summed E-state index contributed by atoms with van der Waals surface area (Å²) in [5.74, 6) is -0.0307. The van der Waals surface area contributed by atoms with E-state index in [1.165, 1.54) is 12.1 Å². The highest BCUT2D eigenvalue weighted by atomic mass is 32.1. The molecule has 0 unspecified atom stereocenters. The highest BCUT2D eigenvalue weighted by Gasteiger charge is 2.23. The second kappa shape index (κ2) is 5.08. The van der Waals surface area contributed by atoms with Gasteiger partial charge in [0, 0.05) is 18.0 Å². The number of hydrogen-bond donors (Lipinski definition) is 1. The van der Waals surface area contributed by atoms with Crippen LogP contribution in [0.1, 0.15) is 30.1 Å². The molecular weight excluding hydrogens is 237 g/mol. The van der Waals surface area contributed by atoms with Gasteiger partial charge in [0.2, 0.25) is 0 Å². The molecule has 2 rings (SSSR count). The van der Waals surface area contributed by atoms with Crippen LogP contribution in [0.3, 0.4) is 0 Å². The van der Waals surface area contributed by atoms with E-state index in [0.717, 1.165) is 25.9 Å². The van der Waals surface area contributed by atoms with Crippen molar-refractivity contribution in [3.05, 3.63) is 29.6 Å². The highest BCUT2D eigenvalue weighted by molar-refractivity contribution is 7.80. The molecule has 17 heavy (non-hydrogen) atoms. The lowest BCUT2D eigenvalue weighted by Crippen LogP contribution is -2.38. The summed E-state index contributed by atoms with van der Waals surface area (Å²) in [6.45, 7) is 3.61. The second-order valence-corrected chi connectivity index (χ2v) is 5.16. The normalized spacial score (nSPS) is 17.2. The Bertz CT molecular complexity index is 427. The third kappa shape index (κ3) is 2.80. The van der Waals surface area contributed by atoms with Crippen LogP contribution in [0.4, 0.5) is 4.39 Å². The van der Waals surface area contributed by atoms with E-state index in [1.807, 2.05) is 0 Å². The number of thiol groups is 1. The number of halogens is 1. The average Bonchev–Trinajstić information content (AvgIpc) is 2.32. The van der Waals surface area contributed by atoms with Crippen molar-refractivity contribution in [2.24, 2.45) is 5.92 Å². The minimum Gasteiger partial charge on any atom is -0.339 e. The van der Waals surface area contributed by atoms with E-state index in [4.69, 9.17) is 0 Å². The van der Waals surface area contributed by atoms with Crippen LogP contribution in [-0.2, 0) is 0 Å². The van der Waals surface area contributed by atoms with Crippen molar-refractivity contribution in [1.29, 1.82) is 0 Å². The number of carbonyl (C=O) groups is 1. The predicted octanol–water partition coefficient (Wildman–Crippen LogP) is 2.99. The van der Waals surface area contributed by atoms with Crippen molar-refractivity contribution >= 4 is 18.5 Å². The molecule has 0 spiro atoms. The van der Waals surface area contributed by atoms with Gasteiger partial charge in [0.1, 0.15) is 5.82 Å². The first kappa shape index (κ1) is 12.4. The lowest BCUT2D eigenvalue weighted by atomic mass is 9.98. The van der Waals surface area contributed by atoms with Crippen LogP contribution in [-0.4, -0.2) is 23.9 Å². The van der Waals surface area contributed by atoms with Crippen LogP contribution in [0.15, 0.2) is 23.1 Å². The second-order valence-electron chi connectivity index (χ2n) is 4.64. The van der Waals surface area contributed by atoms with Gasteiger partial charge in [-0.2, -0.15) is 0 Å². The minimum atomic E-state index is -0.466. The summed E-state index contributed by atoms with van der Waals surface area (Å²) in [5.41, 5.74) is 0.132. The van der Waals surface area contributed by atoms with E-state index >= 15 is 0 Å². The molecule has 1 heterocycles. The van der Waals surface area contributed by atoms with Crippen LogP contribution < -0.4 is 0 Å². The van der Waals surface area contributed by atoms with Crippen molar-refractivity contribution in [2.75, 3.05) is 13.1 Å². The maximum Gasteiger partial charge on any atom is 0.256 e. The Morgan fingerprint density at radius 1 is 1.41 bits per heavy atom. The lowest BCUT2D eigenvalue weighted by molar-refractivity contribution is 0.0692. The molecule has 0 aromatic heterocycles. The Balaban J connectivity index is 2.16. The topological polar surface area (TPSA) is 20.3 Å². The fourth-order valence-corrected chi connectivity index (χ4v) is 2.26. The summed E-state index contributed by atoms with van der Waals surface area (Å²) in [4.78, 5) is 14.5. The zero-order valence-electron chi connectivity index (χ0n) is 9.82. The van der Waals surface area contributed by atoms with Crippen LogP contribution in [0.2, 0.25) is 0 Å². The number of hydrogen-bond acceptors (Lipinski definition) is 2. The number of rotatable bonds is 1. The van der Waals surface area contributed by atoms with Gasteiger partial charge in [-0.3, -0.25) is 4.79 Å². The third-order valence-electron chi connectivity index (χ3n) is 3.25. The van der Waals surface area contributed by atoms with E-state index in [2.05, 4.69) is 19.6 Å². The molecule has 0 aliphatic carbocycles. The summed E-state index contributed by atoms with van der Waals surface area (Å²) >= 11 is 4.14. The zero-order valence-corrected chi connectivity index (χ0v) is 10.7. The van der Waals surface area contributed by atoms with Crippen LogP contribution in [0.5, 0.6) is 0 Å². The number of nitrogens with zero attached hydrogens (tertiary/aromatic N) is 1. The Hall–Kier alpha value is -1.03.